The first-order valence-electron chi connectivity index (χ1n) is 11.3. The van der Waals surface area contributed by atoms with Crippen LogP contribution in [0.15, 0.2) is 30.6 Å². The summed E-state index contributed by atoms with van der Waals surface area (Å²) < 4.78 is 54.0. The van der Waals surface area contributed by atoms with Crippen LogP contribution in [0.5, 0.6) is 0 Å². The van der Waals surface area contributed by atoms with Crippen molar-refractivity contribution < 1.29 is 17.6 Å². The van der Waals surface area contributed by atoms with Gasteiger partial charge in [0.1, 0.15) is 6.33 Å². The van der Waals surface area contributed by atoms with Gasteiger partial charge in [-0.3, -0.25) is 0 Å². The van der Waals surface area contributed by atoms with E-state index in [4.69, 9.17) is 0 Å². The topological polar surface area (TPSA) is 29.0 Å². The largest absolute Gasteiger partial charge is 0.416 e. The standard InChI is InChI=1S/C24H29F4N3/c1-16-4-6-17(7-5-16)8-13-20-22(25)23(30-15-29-20)31-14-2-3-21(31)18-9-11-19(12-10-18)24(26,27)28/h9-12,15-17,21H,2-8,13-14H2,1H3. The van der Waals surface area contributed by atoms with Crippen LogP contribution in [0.25, 0.3) is 0 Å². The van der Waals surface area contributed by atoms with Gasteiger partial charge in [0.2, 0.25) is 0 Å². The highest BCUT2D eigenvalue weighted by atomic mass is 19.4. The number of halogens is 4. The van der Waals surface area contributed by atoms with Crippen LogP contribution in [0.3, 0.4) is 0 Å². The zero-order valence-electron chi connectivity index (χ0n) is 17.8. The minimum absolute atomic E-state index is 0.181. The maximum absolute atomic E-state index is 15.3. The Bertz CT molecular complexity index is 873. The lowest BCUT2D eigenvalue weighted by molar-refractivity contribution is -0.137. The van der Waals surface area contributed by atoms with Crippen LogP contribution in [0.4, 0.5) is 23.4 Å². The number of aryl methyl sites for hydroxylation is 1. The van der Waals surface area contributed by atoms with E-state index in [1.807, 2.05) is 4.90 Å². The van der Waals surface area contributed by atoms with Gasteiger partial charge < -0.3 is 4.90 Å². The first kappa shape index (κ1) is 22.0. The molecular formula is C24H29F4N3. The first-order chi connectivity index (χ1) is 14.8. The molecule has 0 amide bonds. The second-order valence-corrected chi connectivity index (χ2v) is 9.09. The molecule has 4 rings (SSSR count). The third kappa shape index (κ3) is 5.01. The number of hydrogen-bond donors (Lipinski definition) is 0. The maximum atomic E-state index is 15.3. The first-order valence-corrected chi connectivity index (χ1v) is 11.3. The lowest BCUT2D eigenvalue weighted by Crippen LogP contribution is -2.25. The van der Waals surface area contributed by atoms with Gasteiger partial charge in [-0.1, -0.05) is 44.7 Å². The molecule has 31 heavy (non-hydrogen) atoms. The van der Waals surface area contributed by atoms with E-state index < -0.39 is 11.7 Å². The summed E-state index contributed by atoms with van der Waals surface area (Å²) in [6.07, 6.45) is 5.05. The molecule has 1 unspecified atom stereocenters. The average molecular weight is 436 g/mol. The fourth-order valence-corrected chi connectivity index (χ4v) is 4.99. The molecular weight excluding hydrogens is 406 g/mol. The number of benzene rings is 1. The highest BCUT2D eigenvalue weighted by Crippen LogP contribution is 2.38. The predicted octanol–water partition coefficient (Wildman–Crippen LogP) is 6.73. The van der Waals surface area contributed by atoms with E-state index in [-0.39, 0.29) is 17.7 Å². The van der Waals surface area contributed by atoms with E-state index in [2.05, 4.69) is 16.9 Å². The Labute approximate surface area is 180 Å². The van der Waals surface area contributed by atoms with Gasteiger partial charge in [0, 0.05) is 6.54 Å². The molecule has 1 saturated carbocycles. The van der Waals surface area contributed by atoms with Gasteiger partial charge in [0.05, 0.1) is 17.3 Å². The number of alkyl halides is 3. The molecule has 1 saturated heterocycles. The molecule has 2 aromatic rings. The van der Waals surface area contributed by atoms with Gasteiger partial charge in [0.25, 0.3) is 0 Å². The van der Waals surface area contributed by atoms with Crippen molar-refractivity contribution in [2.45, 2.75) is 70.5 Å². The number of hydrogen-bond acceptors (Lipinski definition) is 3. The van der Waals surface area contributed by atoms with Crippen LogP contribution >= 0.6 is 0 Å². The molecule has 168 valence electrons. The summed E-state index contributed by atoms with van der Waals surface area (Å²) in [5, 5.41) is 0. The molecule has 1 aromatic carbocycles. The van der Waals surface area contributed by atoms with Gasteiger partial charge in [-0.25, -0.2) is 14.4 Å². The Morgan fingerprint density at radius 3 is 2.39 bits per heavy atom. The molecule has 2 fully saturated rings. The molecule has 2 aliphatic rings. The number of nitrogens with zero attached hydrogens (tertiary/aromatic N) is 3. The summed E-state index contributed by atoms with van der Waals surface area (Å²) in [4.78, 5) is 10.3. The number of anilines is 1. The second kappa shape index (κ2) is 9.13. The Hall–Kier alpha value is -2.18. The minimum Gasteiger partial charge on any atom is -0.347 e. The Kier molecular flexibility index (Phi) is 6.49. The van der Waals surface area contributed by atoms with Crippen molar-refractivity contribution in [1.29, 1.82) is 0 Å². The van der Waals surface area contributed by atoms with Gasteiger partial charge in [-0.05, 0) is 55.2 Å². The highest BCUT2D eigenvalue weighted by Gasteiger charge is 2.33. The molecule has 0 N–H and O–H groups in total. The molecule has 1 aliphatic carbocycles. The zero-order chi connectivity index (χ0) is 22.0. The van der Waals surface area contributed by atoms with Crippen LogP contribution in [-0.2, 0) is 12.6 Å². The molecule has 7 heteroatoms. The van der Waals surface area contributed by atoms with Crippen molar-refractivity contribution in [2.75, 3.05) is 11.4 Å². The Morgan fingerprint density at radius 1 is 1.00 bits per heavy atom. The van der Waals surface area contributed by atoms with Gasteiger partial charge in [0.15, 0.2) is 11.6 Å². The van der Waals surface area contributed by atoms with Gasteiger partial charge >= 0.3 is 6.18 Å². The van der Waals surface area contributed by atoms with Crippen molar-refractivity contribution in [2.24, 2.45) is 11.8 Å². The third-order valence-electron chi connectivity index (χ3n) is 6.92. The van der Waals surface area contributed by atoms with Crippen LogP contribution in [0, 0.1) is 17.7 Å². The summed E-state index contributed by atoms with van der Waals surface area (Å²) in [5.41, 5.74) is 0.525. The summed E-state index contributed by atoms with van der Waals surface area (Å²) in [5.74, 6) is 1.30. The van der Waals surface area contributed by atoms with E-state index in [1.54, 1.807) is 0 Å². The van der Waals surface area contributed by atoms with Crippen molar-refractivity contribution in [3.8, 4) is 0 Å². The Balaban J connectivity index is 1.48. The van der Waals surface area contributed by atoms with Crippen molar-refractivity contribution in [3.63, 3.8) is 0 Å². The summed E-state index contributed by atoms with van der Waals surface area (Å²) in [6.45, 7) is 2.91. The molecule has 0 bridgehead atoms. The molecule has 1 atom stereocenters. The van der Waals surface area contributed by atoms with Crippen LogP contribution in [0.2, 0.25) is 0 Å². The smallest absolute Gasteiger partial charge is 0.347 e. The zero-order valence-corrected chi connectivity index (χ0v) is 17.8. The lowest BCUT2D eigenvalue weighted by Gasteiger charge is -2.28. The molecule has 0 spiro atoms. The predicted molar refractivity (Wildman–Crippen MR) is 112 cm³/mol. The SMILES string of the molecule is CC1CCC(CCc2ncnc(N3CCCC3c3ccc(C(F)(F)F)cc3)c2F)CC1. The maximum Gasteiger partial charge on any atom is 0.416 e. The van der Waals surface area contributed by atoms with Crippen LogP contribution in [-0.4, -0.2) is 16.5 Å². The monoisotopic (exact) mass is 435 g/mol. The number of rotatable bonds is 5. The van der Waals surface area contributed by atoms with Crippen LogP contribution in [0.1, 0.15) is 74.7 Å². The van der Waals surface area contributed by atoms with E-state index in [1.165, 1.54) is 44.1 Å². The molecule has 1 aliphatic heterocycles. The minimum atomic E-state index is -4.36. The fraction of sp³-hybridized carbons (Fsp3) is 0.583. The van der Waals surface area contributed by atoms with Crippen molar-refractivity contribution >= 4 is 5.82 Å². The van der Waals surface area contributed by atoms with Gasteiger partial charge in [-0.2, -0.15) is 13.2 Å². The molecule has 0 radical (unpaired) electrons. The second-order valence-electron chi connectivity index (χ2n) is 9.09. The summed E-state index contributed by atoms with van der Waals surface area (Å²) in [6, 6.07) is 5.00. The molecule has 2 heterocycles. The Morgan fingerprint density at radius 2 is 1.71 bits per heavy atom. The normalized spacial score (nSPS) is 24.5. The van der Waals surface area contributed by atoms with E-state index >= 15 is 4.39 Å². The fourth-order valence-electron chi connectivity index (χ4n) is 4.99. The quantitative estimate of drug-likeness (QED) is 0.487. The summed E-state index contributed by atoms with van der Waals surface area (Å²) in [7, 11) is 0. The molecule has 3 nitrogen and oxygen atoms in total. The van der Waals surface area contributed by atoms with E-state index in [0.717, 1.165) is 42.9 Å². The third-order valence-corrected chi connectivity index (χ3v) is 6.92. The summed E-state index contributed by atoms with van der Waals surface area (Å²) >= 11 is 0. The van der Waals surface area contributed by atoms with E-state index in [0.29, 0.717) is 24.6 Å². The van der Waals surface area contributed by atoms with Gasteiger partial charge in [-0.15, -0.1) is 0 Å². The van der Waals surface area contributed by atoms with Crippen molar-refractivity contribution in [3.05, 3.63) is 53.2 Å². The molecule has 1 aromatic heterocycles. The average Bonchev–Trinajstić information content (AvgIpc) is 3.23. The van der Waals surface area contributed by atoms with Crippen LogP contribution < -0.4 is 4.90 Å². The lowest BCUT2D eigenvalue weighted by atomic mass is 9.80. The van der Waals surface area contributed by atoms with E-state index in [9.17, 15) is 13.2 Å². The number of aromatic nitrogens is 2. The highest BCUT2D eigenvalue weighted by molar-refractivity contribution is 5.46. The van der Waals surface area contributed by atoms with Crippen molar-refractivity contribution in [1.82, 2.24) is 9.97 Å².